The maximum atomic E-state index is 5.93. The van der Waals surface area contributed by atoms with E-state index in [1.165, 1.54) is 0 Å². The van der Waals surface area contributed by atoms with E-state index in [0.29, 0.717) is 5.02 Å². The first-order chi connectivity index (χ1) is 8.22. The van der Waals surface area contributed by atoms with Crippen LogP contribution in [0.2, 0.25) is 5.02 Å². The van der Waals surface area contributed by atoms with Crippen molar-refractivity contribution in [1.82, 2.24) is 15.0 Å². The van der Waals surface area contributed by atoms with Crippen LogP contribution in [0.15, 0.2) is 36.5 Å². The highest BCUT2D eigenvalue weighted by molar-refractivity contribution is 6.31. The van der Waals surface area contributed by atoms with Crippen LogP contribution in [0, 0.1) is 6.92 Å². The summed E-state index contributed by atoms with van der Waals surface area (Å²) in [6.07, 6.45) is 1.83. The van der Waals surface area contributed by atoms with Crippen molar-refractivity contribution in [3.8, 4) is 11.5 Å². The quantitative estimate of drug-likeness (QED) is 0.710. The van der Waals surface area contributed by atoms with Crippen LogP contribution in [-0.4, -0.2) is 15.0 Å². The Kier molecular flexibility index (Phi) is 2.34. The van der Waals surface area contributed by atoms with Crippen molar-refractivity contribution in [3.63, 3.8) is 0 Å². The van der Waals surface area contributed by atoms with Gasteiger partial charge >= 0.3 is 0 Å². The van der Waals surface area contributed by atoms with E-state index in [9.17, 15) is 0 Å². The summed E-state index contributed by atoms with van der Waals surface area (Å²) in [5.41, 5.74) is 3.79. The molecule has 2 heterocycles. The Morgan fingerprint density at radius 3 is 2.82 bits per heavy atom. The number of aromatic amines is 1. The van der Waals surface area contributed by atoms with Crippen molar-refractivity contribution in [2.75, 3.05) is 0 Å². The van der Waals surface area contributed by atoms with Crippen molar-refractivity contribution in [2.24, 2.45) is 0 Å². The highest BCUT2D eigenvalue weighted by Crippen LogP contribution is 2.21. The lowest BCUT2D eigenvalue weighted by Crippen LogP contribution is -1.85. The molecule has 3 aromatic rings. The SMILES string of the molecule is Cc1ccc(-c2nc3ccc(Cl)cc3[nH]2)nc1. The minimum Gasteiger partial charge on any atom is -0.337 e. The molecule has 2 aromatic heterocycles. The average Bonchev–Trinajstić information content (AvgIpc) is 2.72. The molecule has 0 saturated carbocycles. The molecule has 0 aliphatic rings. The van der Waals surface area contributed by atoms with Gasteiger partial charge in [-0.25, -0.2) is 4.98 Å². The molecular weight excluding hydrogens is 234 g/mol. The van der Waals surface area contributed by atoms with Gasteiger partial charge < -0.3 is 4.98 Å². The summed E-state index contributed by atoms with van der Waals surface area (Å²) in [5, 5.41) is 0.699. The highest BCUT2D eigenvalue weighted by atomic mass is 35.5. The number of imidazole rings is 1. The van der Waals surface area contributed by atoms with Crippen molar-refractivity contribution in [2.45, 2.75) is 6.92 Å². The summed E-state index contributed by atoms with van der Waals surface area (Å²) in [6, 6.07) is 9.56. The molecule has 3 rings (SSSR count). The van der Waals surface area contributed by atoms with Crippen molar-refractivity contribution in [1.29, 1.82) is 0 Å². The maximum absolute atomic E-state index is 5.93. The third-order valence-corrected chi connectivity index (χ3v) is 2.83. The Hall–Kier alpha value is -1.87. The number of nitrogens with zero attached hydrogens (tertiary/aromatic N) is 2. The van der Waals surface area contributed by atoms with Crippen molar-refractivity contribution in [3.05, 3.63) is 47.1 Å². The largest absolute Gasteiger partial charge is 0.337 e. The first kappa shape index (κ1) is 10.3. The Morgan fingerprint density at radius 1 is 1.18 bits per heavy atom. The van der Waals surface area contributed by atoms with Gasteiger partial charge in [0.1, 0.15) is 5.69 Å². The summed E-state index contributed by atoms with van der Waals surface area (Å²) in [7, 11) is 0. The van der Waals surface area contributed by atoms with E-state index in [2.05, 4.69) is 15.0 Å². The second-order valence-electron chi connectivity index (χ2n) is 3.97. The lowest BCUT2D eigenvalue weighted by molar-refractivity contribution is 1.21. The molecular formula is C13H10ClN3. The van der Waals surface area contributed by atoms with Crippen LogP contribution in [0.25, 0.3) is 22.6 Å². The third-order valence-electron chi connectivity index (χ3n) is 2.60. The number of aryl methyl sites for hydroxylation is 1. The van der Waals surface area contributed by atoms with Gasteiger partial charge in [0.2, 0.25) is 0 Å². The van der Waals surface area contributed by atoms with Crippen LogP contribution in [0.4, 0.5) is 0 Å². The van der Waals surface area contributed by atoms with Crippen LogP contribution in [0.5, 0.6) is 0 Å². The van der Waals surface area contributed by atoms with Gasteiger partial charge in [0.25, 0.3) is 0 Å². The van der Waals surface area contributed by atoms with E-state index in [1.807, 2.05) is 43.5 Å². The minimum absolute atomic E-state index is 0.699. The second kappa shape index (κ2) is 3.86. The van der Waals surface area contributed by atoms with Crippen molar-refractivity contribution < 1.29 is 0 Å². The maximum Gasteiger partial charge on any atom is 0.157 e. The van der Waals surface area contributed by atoms with Gasteiger partial charge in [-0.1, -0.05) is 17.7 Å². The number of halogens is 1. The molecule has 0 fully saturated rings. The molecule has 1 aromatic carbocycles. The van der Waals surface area contributed by atoms with Crippen LogP contribution in [0.3, 0.4) is 0 Å². The van der Waals surface area contributed by atoms with E-state index in [-0.39, 0.29) is 0 Å². The van der Waals surface area contributed by atoms with Gasteiger partial charge in [-0.3, -0.25) is 4.98 Å². The number of nitrogens with one attached hydrogen (secondary N) is 1. The van der Waals surface area contributed by atoms with Crippen LogP contribution in [0.1, 0.15) is 5.56 Å². The van der Waals surface area contributed by atoms with E-state index in [4.69, 9.17) is 11.6 Å². The first-order valence-electron chi connectivity index (χ1n) is 5.31. The fourth-order valence-corrected chi connectivity index (χ4v) is 1.88. The number of fused-ring (bicyclic) bond motifs is 1. The Bertz CT molecular complexity index is 671. The van der Waals surface area contributed by atoms with E-state index in [0.717, 1.165) is 28.1 Å². The van der Waals surface area contributed by atoms with Crippen molar-refractivity contribution >= 4 is 22.6 Å². The van der Waals surface area contributed by atoms with E-state index < -0.39 is 0 Å². The summed E-state index contributed by atoms with van der Waals surface area (Å²) in [5.74, 6) is 0.766. The van der Waals surface area contributed by atoms with Crippen LogP contribution in [-0.2, 0) is 0 Å². The normalized spacial score (nSPS) is 10.9. The predicted octanol–water partition coefficient (Wildman–Crippen LogP) is 3.59. The zero-order chi connectivity index (χ0) is 11.8. The smallest absolute Gasteiger partial charge is 0.157 e. The molecule has 0 saturated heterocycles. The molecule has 3 nitrogen and oxygen atoms in total. The molecule has 0 radical (unpaired) electrons. The Balaban J connectivity index is 2.14. The lowest BCUT2D eigenvalue weighted by atomic mass is 10.3. The number of aromatic nitrogens is 3. The monoisotopic (exact) mass is 243 g/mol. The zero-order valence-corrected chi connectivity index (χ0v) is 9.99. The fraction of sp³-hybridized carbons (Fsp3) is 0.0769. The van der Waals surface area contributed by atoms with E-state index in [1.54, 1.807) is 0 Å². The second-order valence-corrected chi connectivity index (χ2v) is 4.40. The lowest BCUT2D eigenvalue weighted by Gasteiger charge is -1.95. The van der Waals surface area contributed by atoms with Crippen LogP contribution < -0.4 is 0 Å². The van der Waals surface area contributed by atoms with E-state index >= 15 is 0 Å². The predicted molar refractivity (Wildman–Crippen MR) is 69.1 cm³/mol. The molecule has 0 unspecified atom stereocenters. The average molecular weight is 244 g/mol. The number of H-pyrrole nitrogens is 1. The molecule has 0 amide bonds. The molecule has 0 aliphatic carbocycles. The zero-order valence-electron chi connectivity index (χ0n) is 9.24. The molecule has 84 valence electrons. The molecule has 0 aliphatic heterocycles. The standard InChI is InChI=1S/C13H10ClN3/c1-8-2-4-11(15-7-8)13-16-10-5-3-9(14)6-12(10)17-13/h2-7H,1H3,(H,16,17). The summed E-state index contributed by atoms with van der Waals surface area (Å²) < 4.78 is 0. The van der Waals surface area contributed by atoms with Gasteiger partial charge in [-0.2, -0.15) is 0 Å². The van der Waals surface area contributed by atoms with Gasteiger partial charge in [-0.15, -0.1) is 0 Å². The first-order valence-corrected chi connectivity index (χ1v) is 5.68. The molecule has 17 heavy (non-hydrogen) atoms. The van der Waals surface area contributed by atoms with Gasteiger partial charge in [0.15, 0.2) is 5.82 Å². The summed E-state index contributed by atoms with van der Waals surface area (Å²) in [6.45, 7) is 2.01. The number of hydrogen-bond donors (Lipinski definition) is 1. The minimum atomic E-state index is 0.699. The number of hydrogen-bond acceptors (Lipinski definition) is 2. The Labute approximate surface area is 103 Å². The van der Waals surface area contributed by atoms with Gasteiger partial charge in [0, 0.05) is 11.2 Å². The number of benzene rings is 1. The number of rotatable bonds is 1. The van der Waals surface area contributed by atoms with Gasteiger partial charge in [-0.05, 0) is 36.8 Å². The highest BCUT2D eigenvalue weighted by Gasteiger charge is 2.06. The molecule has 0 atom stereocenters. The summed E-state index contributed by atoms with van der Waals surface area (Å²) >= 11 is 5.93. The summed E-state index contributed by atoms with van der Waals surface area (Å²) in [4.78, 5) is 12.0. The van der Waals surface area contributed by atoms with Crippen LogP contribution >= 0.6 is 11.6 Å². The molecule has 4 heteroatoms. The third kappa shape index (κ3) is 1.89. The number of pyridine rings is 1. The van der Waals surface area contributed by atoms with Gasteiger partial charge in [0.05, 0.1) is 11.0 Å². The molecule has 1 N–H and O–H groups in total. The topological polar surface area (TPSA) is 41.6 Å². The fourth-order valence-electron chi connectivity index (χ4n) is 1.71. The molecule has 0 spiro atoms. The molecule has 0 bridgehead atoms. The Morgan fingerprint density at radius 2 is 2.06 bits per heavy atom.